The summed E-state index contributed by atoms with van der Waals surface area (Å²) in [6, 6.07) is 13.8. The summed E-state index contributed by atoms with van der Waals surface area (Å²) in [6.45, 7) is 5.33. The van der Waals surface area contributed by atoms with Gasteiger partial charge >= 0.3 is 5.97 Å². The van der Waals surface area contributed by atoms with Crippen molar-refractivity contribution in [2.45, 2.75) is 33.0 Å². The smallest absolute Gasteiger partial charge is 0.350 e. The maximum Gasteiger partial charge on any atom is 0.350 e. The lowest BCUT2D eigenvalue weighted by molar-refractivity contribution is -0.160. The number of hydrogen-bond donors (Lipinski definition) is 1. The van der Waals surface area contributed by atoms with Crippen molar-refractivity contribution < 1.29 is 28.6 Å². The molecule has 1 N–H and O–H groups in total. The minimum atomic E-state index is -1.05. The van der Waals surface area contributed by atoms with E-state index in [0.717, 1.165) is 0 Å². The highest BCUT2D eigenvalue weighted by Crippen LogP contribution is 2.33. The summed E-state index contributed by atoms with van der Waals surface area (Å²) in [5, 5.41) is 2.68. The first-order valence-corrected chi connectivity index (χ1v) is 9.67. The molecule has 8 nitrogen and oxygen atoms in total. The number of amides is 2. The van der Waals surface area contributed by atoms with Gasteiger partial charge in [-0.05, 0) is 50.2 Å². The number of anilines is 2. The van der Waals surface area contributed by atoms with Gasteiger partial charge in [-0.15, -0.1) is 0 Å². The van der Waals surface area contributed by atoms with E-state index in [4.69, 9.17) is 14.2 Å². The standard InChI is InChI=1S/C22H24N2O6/c1-4-28-17-11-9-16(10-12-17)23-21(26)14(2)29-22(27)20-13-24(15(3)25)18-7-5-6-8-19(18)30-20/h5-12,14,20H,4,13H2,1-3H3,(H,23,26)/t14-,20+/m1/s1. The van der Waals surface area contributed by atoms with E-state index in [-0.39, 0.29) is 12.5 Å². The molecule has 8 heteroatoms. The predicted molar refractivity (Wildman–Crippen MR) is 111 cm³/mol. The molecule has 1 aliphatic rings. The SMILES string of the molecule is CCOc1ccc(NC(=O)[C@@H](C)OC(=O)[C@@H]2CN(C(C)=O)c3ccccc3O2)cc1. The van der Waals surface area contributed by atoms with Crippen LogP contribution in [0.25, 0.3) is 0 Å². The zero-order valence-electron chi connectivity index (χ0n) is 17.1. The van der Waals surface area contributed by atoms with E-state index in [2.05, 4.69) is 5.32 Å². The van der Waals surface area contributed by atoms with Gasteiger partial charge in [-0.3, -0.25) is 9.59 Å². The third-order valence-electron chi connectivity index (χ3n) is 4.51. The molecule has 2 aromatic carbocycles. The van der Waals surface area contributed by atoms with Gasteiger partial charge in [-0.25, -0.2) is 4.79 Å². The Morgan fingerprint density at radius 3 is 2.53 bits per heavy atom. The number of carbonyl (C=O) groups excluding carboxylic acids is 3. The minimum Gasteiger partial charge on any atom is -0.494 e. The minimum absolute atomic E-state index is 0.0123. The van der Waals surface area contributed by atoms with Gasteiger partial charge in [0, 0.05) is 12.6 Å². The van der Waals surface area contributed by atoms with Crippen LogP contribution in [0, 0.1) is 0 Å². The highest BCUT2D eigenvalue weighted by Gasteiger charge is 2.35. The van der Waals surface area contributed by atoms with Crippen molar-refractivity contribution in [1.29, 1.82) is 0 Å². The summed E-state index contributed by atoms with van der Waals surface area (Å²) in [7, 11) is 0. The van der Waals surface area contributed by atoms with Crippen LogP contribution in [0.2, 0.25) is 0 Å². The second kappa shape index (κ2) is 9.30. The van der Waals surface area contributed by atoms with Gasteiger partial charge in [-0.1, -0.05) is 12.1 Å². The number of benzene rings is 2. The van der Waals surface area contributed by atoms with E-state index >= 15 is 0 Å². The third-order valence-corrected chi connectivity index (χ3v) is 4.51. The molecule has 2 amide bonds. The number of nitrogens with one attached hydrogen (secondary N) is 1. The average Bonchev–Trinajstić information content (AvgIpc) is 2.74. The van der Waals surface area contributed by atoms with Crippen LogP contribution in [0.1, 0.15) is 20.8 Å². The fourth-order valence-corrected chi connectivity index (χ4v) is 3.00. The fraction of sp³-hybridized carbons (Fsp3) is 0.318. The highest BCUT2D eigenvalue weighted by molar-refractivity contribution is 5.97. The first-order valence-electron chi connectivity index (χ1n) is 9.67. The lowest BCUT2D eigenvalue weighted by Gasteiger charge is -2.33. The van der Waals surface area contributed by atoms with Crippen LogP contribution in [0.3, 0.4) is 0 Å². The lowest BCUT2D eigenvalue weighted by Crippen LogP contribution is -2.48. The van der Waals surface area contributed by atoms with Gasteiger partial charge in [0.15, 0.2) is 6.10 Å². The van der Waals surface area contributed by atoms with Gasteiger partial charge in [0.1, 0.15) is 11.5 Å². The number of hydrogen-bond acceptors (Lipinski definition) is 6. The van der Waals surface area contributed by atoms with Crippen LogP contribution in [0.4, 0.5) is 11.4 Å². The number of nitrogens with zero attached hydrogens (tertiary/aromatic N) is 1. The van der Waals surface area contributed by atoms with E-state index < -0.39 is 24.1 Å². The summed E-state index contributed by atoms with van der Waals surface area (Å²) >= 11 is 0. The summed E-state index contributed by atoms with van der Waals surface area (Å²) in [5.41, 5.74) is 1.15. The first-order chi connectivity index (χ1) is 14.4. The number of esters is 1. The second-order valence-corrected chi connectivity index (χ2v) is 6.73. The van der Waals surface area contributed by atoms with E-state index in [1.165, 1.54) is 18.7 Å². The maximum atomic E-state index is 12.6. The molecule has 0 radical (unpaired) electrons. The molecule has 2 atom stereocenters. The first kappa shape index (κ1) is 21.2. The molecule has 2 aromatic rings. The van der Waals surface area contributed by atoms with Crippen molar-refractivity contribution in [2.75, 3.05) is 23.4 Å². The van der Waals surface area contributed by atoms with Gasteiger partial charge < -0.3 is 24.4 Å². The maximum absolute atomic E-state index is 12.6. The molecular weight excluding hydrogens is 388 g/mol. The zero-order chi connectivity index (χ0) is 21.7. The molecule has 0 aromatic heterocycles. The van der Waals surface area contributed by atoms with Crippen molar-refractivity contribution >= 4 is 29.2 Å². The van der Waals surface area contributed by atoms with Crippen LogP contribution in [0.5, 0.6) is 11.5 Å². The molecule has 0 fully saturated rings. The average molecular weight is 412 g/mol. The van der Waals surface area contributed by atoms with Crippen LogP contribution >= 0.6 is 0 Å². The lowest BCUT2D eigenvalue weighted by atomic mass is 10.2. The zero-order valence-corrected chi connectivity index (χ0v) is 17.1. The molecule has 0 spiro atoms. The Morgan fingerprint density at radius 2 is 1.87 bits per heavy atom. The van der Waals surface area contributed by atoms with Crippen molar-refractivity contribution in [3.05, 3.63) is 48.5 Å². The number of carbonyl (C=O) groups is 3. The molecule has 0 saturated carbocycles. The van der Waals surface area contributed by atoms with Gasteiger partial charge in [0.25, 0.3) is 5.91 Å². The normalized spacial score (nSPS) is 16.0. The monoisotopic (exact) mass is 412 g/mol. The van der Waals surface area contributed by atoms with Crippen LogP contribution in [0.15, 0.2) is 48.5 Å². The Morgan fingerprint density at radius 1 is 1.17 bits per heavy atom. The Bertz CT molecular complexity index is 927. The largest absolute Gasteiger partial charge is 0.494 e. The Hall–Kier alpha value is -3.55. The fourth-order valence-electron chi connectivity index (χ4n) is 3.00. The van der Waals surface area contributed by atoms with Crippen LogP contribution in [-0.4, -0.2) is 43.1 Å². The van der Waals surface area contributed by atoms with Crippen molar-refractivity contribution in [2.24, 2.45) is 0 Å². The second-order valence-electron chi connectivity index (χ2n) is 6.73. The van der Waals surface area contributed by atoms with Gasteiger partial charge in [0.2, 0.25) is 12.0 Å². The van der Waals surface area contributed by atoms with Crippen LogP contribution in [-0.2, 0) is 19.1 Å². The molecule has 0 saturated heterocycles. The van der Waals surface area contributed by atoms with E-state index in [1.54, 1.807) is 48.5 Å². The van der Waals surface area contributed by atoms with E-state index in [1.807, 2.05) is 6.92 Å². The molecule has 1 aliphatic heterocycles. The summed E-state index contributed by atoms with van der Waals surface area (Å²) in [5.74, 6) is -0.311. The topological polar surface area (TPSA) is 94.2 Å². The third kappa shape index (κ3) is 4.89. The van der Waals surface area contributed by atoms with Crippen molar-refractivity contribution in [1.82, 2.24) is 0 Å². The Labute approximate surface area is 174 Å². The molecule has 1 heterocycles. The van der Waals surface area contributed by atoms with E-state index in [0.29, 0.717) is 29.5 Å². The van der Waals surface area contributed by atoms with Crippen molar-refractivity contribution in [3.8, 4) is 11.5 Å². The summed E-state index contributed by atoms with van der Waals surface area (Å²) in [4.78, 5) is 38.4. The van der Waals surface area contributed by atoms with Crippen molar-refractivity contribution in [3.63, 3.8) is 0 Å². The molecular formula is C22H24N2O6. The number of fused-ring (bicyclic) bond motifs is 1. The molecule has 0 bridgehead atoms. The molecule has 0 aliphatic carbocycles. The summed E-state index contributed by atoms with van der Waals surface area (Å²) < 4.78 is 16.3. The quantitative estimate of drug-likeness (QED) is 0.734. The Kier molecular flexibility index (Phi) is 6.56. The molecule has 0 unspecified atom stereocenters. The Balaban J connectivity index is 1.61. The number of para-hydroxylation sites is 2. The van der Waals surface area contributed by atoms with Gasteiger partial charge in [-0.2, -0.15) is 0 Å². The van der Waals surface area contributed by atoms with Gasteiger partial charge in [0.05, 0.1) is 18.8 Å². The molecule has 158 valence electrons. The summed E-state index contributed by atoms with van der Waals surface area (Å²) in [6.07, 6.45) is -2.07. The highest BCUT2D eigenvalue weighted by atomic mass is 16.6. The van der Waals surface area contributed by atoms with E-state index in [9.17, 15) is 14.4 Å². The molecule has 30 heavy (non-hydrogen) atoms. The number of rotatable bonds is 6. The number of ether oxygens (including phenoxy) is 3. The predicted octanol–water partition coefficient (Wildman–Crippen LogP) is 2.77. The van der Waals surface area contributed by atoms with Crippen LogP contribution < -0.4 is 19.7 Å². The molecule has 3 rings (SSSR count).